The molecule has 1 heterocycles. The van der Waals surface area contributed by atoms with Gasteiger partial charge in [0.2, 0.25) is 0 Å². The predicted octanol–water partition coefficient (Wildman–Crippen LogP) is 4.00. The second kappa shape index (κ2) is 10.8. The Balaban J connectivity index is 1.61. The van der Waals surface area contributed by atoms with Gasteiger partial charge in [0.1, 0.15) is 12.3 Å². The molecule has 1 fully saturated rings. The van der Waals surface area contributed by atoms with E-state index in [9.17, 15) is 19.2 Å². The lowest BCUT2D eigenvalue weighted by Gasteiger charge is -2.13. The third-order valence-corrected chi connectivity index (χ3v) is 5.26. The van der Waals surface area contributed by atoms with Gasteiger partial charge in [0.25, 0.3) is 17.1 Å². The number of nitrogens with one attached hydrogen (secondary N) is 1. The highest BCUT2D eigenvalue weighted by molar-refractivity contribution is 8.18. The molecular formula is C24H24N2O6S. The van der Waals surface area contributed by atoms with Crippen LogP contribution in [0, 0.1) is 6.92 Å². The molecule has 0 aromatic heterocycles. The molecule has 172 valence electrons. The summed E-state index contributed by atoms with van der Waals surface area (Å²) in [6, 6.07) is 14.2. The molecule has 9 heteroatoms. The van der Waals surface area contributed by atoms with Crippen LogP contribution in [0.5, 0.6) is 5.75 Å². The van der Waals surface area contributed by atoms with E-state index in [1.54, 1.807) is 50.3 Å². The highest BCUT2D eigenvalue weighted by atomic mass is 32.2. The lowest BCUT2D eigenvalue weighted by atomic mass is 10.2. The van der Waals surface area contributed by atoms with E-state index < -0.39 is 23.7 Å². The number of hydrogen-bond donors (Lipinski definition) is 1. The number of imide groups is 1. The van der Waals surface area contributed by atoms with E-state index in [-0.39, 0.29) is 23.5 Å². The lowest BCUT2D eigenvalue weighted by Crippen LogP contribution is -2.35. The number of ether oxygens (including phenoxy) is 2. The number of thioether (sulfide) groups is 1. The van der Waals surface area contributed by atoms with Gasteiger partial charge in [-0.15, -0.1) is 0 Å². The van der Waals surface area contributed by atoms with Crippen LogP contribution in [0.3, 0.4) is 0 Å². The largest absolute Gasteiger partial charge is 0.484 e. The van der Waals surface area contributed by atoms with Crippen molar-refractivity contribution >= 4 is 46.5 Å². The van der Waals surface area contributed by atoms with Crippen molar-refractivity contribution in [3.63, 3.8) is 0 Å². The van der Waals surface area contributed by atoms with Crippen molar-refractivity contribution in [1.82, 2.24) is 4.90 Å². The molecule has 1 aliphatic rings. The molecule has 0 bridgehead atoms. The summed E-state index contributed by atoms with van der Waals surface area (Å²) in [4.78, 5) is 49.8. The van der Waals surface area contributed by atoms with E-state index in [0.717, 1.165) is 22.2 Å². The van der Waals surface area contributed by atoms with Crippen LogP contribution in [0.4, 0.5) is 10.5 Å². The number of amides is 3. The van der Waals surface area contributed by atoms with Gasteiger partial charge in [-0.1, -0.05) is 24.3 Å². The molecule has 0 atom stereocenters. The summed E-state index contributed by atoms with van der Waals surface area (Å²) in [6.45, 7) is 4.69. The molecule has 2 aromatic rings. The minimum atomic E-state index is -0.645. The highest BCUT2D eigenvalue weighted by Gasteiger charge is 2.36. The van der Waals surface area contributed by atoms with E-state index in [0.29, 0.717) is 17.0 Å². The van der Waals surface area contributed by atoms with Crippen LogP contribution in [0.2, 0.25) is 0 Å². The maximum atomic E-state index is 12.6. The topological polar surface area (TPSA) is 102 Å². The molecule has 0 aliphatic carbocycles. The van der Waals surface area contributed by atoms with Crippen molar-refractivity contribution in [3.05, 3.63) is 64.6 Å². The first kappa shape index (κ1) is 24.1. The standard InChI is InChI=1S/C24H24N2O6S/c1-15(2)32-22(28)13-26-23(29)20(33-24(26)30)12-17-7-5-9-19(11-17)31-14-21(27)25-18-8-4-6-16(3)10-18/h4-12,15H,13-14H2,1-3H3,(H,25,27)/b20-12-. The van der Waals surface area contributed by atoms with Gasteiger partial charge >= 0.3 is 5.97 Å². The normalized spacial score (nSPS) is 14.7. The summed E-state index contributed by atoms with van der Waals surface area (Å²) < 4.78 is 10.6. The second-order valence-electron chi connectivity index (χ2n) is 7.59. The summed E-state index contributed by atoms with van der Waals surface area (Å²) in [5, 5.41) is 2.23. The third-order valence-electron chi connectivity index (χ3n) is 4.36. The highest BCUT2D eigenvalue weighted by Crippen LogP contribution is 2.32. The summed E-state index contributed by atoms with van der Waals surface area (Å²) in [5.41, 5.74) is 2.33. The van der Waals surface area contributed by atoms with Gasteiger partial charge in [0, 0.05) is 5.69 Å². The predicted molar refractivity (Wildman–Crippen MR) is 126 cm³/mol. The first-order chi connectivity index (χ1) is 15.7. The minimum absolute atomic E-state index is 0.187. The summed E-state index contributed by atoms with van der Waals surface area (Å²) in [6.07, 6.45) is 1.20. The van der Waals surface area contributed by atoms with E-state index in [4.69, 9.17) is 9.47 Å². The SMILES string of the molecule is Cc1cccc(NC(=O)COc2cccc(/C=C3\SC(=O)N(CC(=O)OC(C)C)C3=O)c2)c1. The van der Waals surface area contributed by atoms with Gasteiger partial charge in [0.15, 0.2) is 6.61 Å². The molecule has 0 unspecified atom stereocenters. The molecule has 0 radical (unpaired) electrons. The van der Waals surface area contributed by atoms with Crippen LogP contribution in [0.15, 0.2) is 53.4 Å². The molecule has 3 rings (SSSR count). The molecule has 1 aliphatic heterocycles. The van der Waals surface area contributed by atoms with Gasteiger partial charge < -0.3 is 14.8 Å². The maximum Gasteiger partial charge on any atom is 0.326 e. The number of nitrogens with zero attached hydrogens (tertiary/aromatic N) is 1. The van der Waals surface area contributed by atoms with Crippen LogP contribution in [-0.2, 0) is 19.1 Å². The van der Waals surface area contributed by atoms with Gasteiger partial charge in [-0.05, 0) is 74.0 Å². The van der Waals surface area contributed by atoms with Crippen LogP contribution in [0.25, 0.3) is 6.08 Å². The number of carbonyl (C=O) groups excluding carboxylic acids is 4. The summed E-state index contributed by atoms with van der Waals surface area (Å²) in [7, 11) is 0. The van der Waals surface area contributed by atoms with E-state index in [1.807, 2.05) is 25.1 Å². The first-order valence-corrected chi connectivity index (χ1v) is 11.1. The fraction of sp³-hybridized carbons (Fsp3) is 0.250. The molecule has 1 N–H and O–H groups in total. The van der Waals surface area contributed by atoms with Crippen LogP contribution < -0.4 is 10.1 Å². The van der Waals surface area contributed by atoms with Crippen molar-refractivity contribution < 1.29 is 28.7 Å². The van der Waals surface area contributed by atoms with Gasteiger partial charge in [-0.2, -0.15) is 0 Å². The number of carbonyl (C=O) groups is 4. The van der Waals surface area contributed by atoms with Gasteiger partial charge in [-0.25, -0.2) is 0 Å². The third kappa shape index (κ3) is 6.95. The van der Waals surface area contributed by atoms with Crippen molar-refractivity contribution in [2.45, 2.75) is 26.9 Å². The van der Waals surface area contributed by atoms with Crippen LogP contribution >= 0.6 is 11.8 Å². The fourth-order valence-electron chi connectivity index (χ4n) is 2.98. The number of aryl methyl sites for hydroxylation is 1. The van der Waals surface area contributed by atoms with E-state index >= 15 is 0 Å². The Morgan fingerprint density at radius 1 is 1.12 bits per heavy atom. The van der Waals surface area contributed by atoms with E-state index in [1.165, 1.54) is 0 Å². The molecular weight excluding hydrogens is 444 g/mol. The Morgan fingerprint density at radius 2 is 1.88 bits per heavy atom. The molecule has 0 spiro atoms. The van der Waals surface area contributed by atoms with Crippen molar-refractivity contribution in [2.75, 3.05) is 18.5 Å². The maximum absolute atomic E-state index is 12.6. The monoisotopic (exact) mass is 468 g/mol. The second-order valence-corrected chi connectivity index (χ2v) is 8.58. The average molecular weight is 469 g/mol. The Kier molecular flexibility index (Phi) is 7.89. The van der Waals surface area contributed by atoms with Crippen LogP contribution in [0.1, 0.15) is 25.0 Å². The first-order valence-electron chi connectivity index (χ1n) is 10.3. The van der Waals surface area contributed by atoms with Gasteiger partial charge in [0.05, 0.1) is 11.0 Å². The summed E-state index contributed by atoms with van der Waals surface area (Å²) >= 11 is 0.750. The zero-order valence-electron chi connectivity index (χ0n) is 18.5. The number of anilines is 1. The number of rotatable bonds is 8. The van der Waals surface area contributed by atoms with Crippen molar-refractivity contribution in [3.8, 4) is 5.75 Å². The molecule has 2 aromatic carbocycles. The smallest absolute Gasteiger partial charge is 0.326 e. The number of hydrogen-bond acceptors (Lipinski definition) is 7. The van der Waals surface area contributed by atoms with Gasteiger partial charge in [-0.3, -0.25) is 24.1 Å². The zero-order valence-corrected chi connectivity index (χ0v) is 19.3. The molecule has 1 saturated heterocycles. The number of benzene rings is 2. The summed E-state index contributed by atoms with van der Waals surface area (Å²) in [5.74, 6) is -1.08. The molecule has 0 saturated carbocycles. The molecule has 33 heavy (non-hydrogen) atoms. The molecule has 3 amide bonds. The zero-order chi connectivity index (χ0) is 24.0. The Morgan fingerprint density at radius 3 is 2.61 bits per heavy atom. The molecule has 8 nitrogen and oxygen atoms in total. The van der Waals surface area contributed by atoms with Crippen LogP contribution in [-0.4, -0.2) is 47.2 Å². The minimum Gasteiger partial charge on any atom is -0.484 e. The quantitative estimate of drug-likeness (QED) is 0.461. The Labute approximate surface area is 195 Å². The van der Waals surface area contributed by atoms with Crippen molar-refractivity contribution in [2.24, 2.45) is 0 Å². The Hall–Kier alpha value is -3.59. The average Bonchev–Trinajstić information content (AvgIpc) is 2.99. The fourth-order valence-corrected chi connectivity index (χ4v) is 3.82. The van der Waals surface area contributed by atoms with E-state index in [2.05, 4.69) is 5.32 Å². The number of esters is 1. The lowest BCUT2D eigenvalue weighted by molar-refractivity contribution is -0.149. The van der Waals surface area contributed by atoms with Crippen molar-refractivity contribution in [1.29, 1.82) is 0 Å². The Bertz CT molecular complexity index is 1110.